The largest absolute Gasteiger partial charge is 0.339 e. The molecule has 0 radical (unpaired) electrons. The van der Waals surface area contributed by atoms with Crippen LogP contribution in [0, 0.1) is 0 Å². The van der Waals surface area contributed by atoms with Gasteiger partial charge in [0, 0.05) is 30.0 Å². The van der Waals surface area contributed by atoms with E-state index in [1.54, 1.807) is 0 Å². The highest BCUT2D eigenvalue weighted by Gasteiger charge is 2.40. The lowest BCUT2D eigenvalue weighted by Crippen LogP contribution is -2.39. The van der Waals surface area contributed by atoms with Crippen molar-refractivity contribution in [3.8, 4) is 0 Å². The first-order valence-corrected chi connectivity index (χ1v) is 8.01. The van der Waals surface area contributed by atoms with E-state index in [1.165, 1.54) is 25.7 Å². The van der Waals surface area contributed by atoms with Crippen molar-refractivity contribution in [3.63, 3.8) is 0 Å². The Balaban J connectivity index is 1.48. The first-order chi connectivity index (χ1) is 9.70. The second-order valence-electron chi connectivity index (χ2n) is 6.98. The van der Waals surface area contributed by atoms with E-state index in [2.05, 4.69) is 17.1 Å². The number of piperidine rings is 1. The van der Waals surface area contributed by atoms with Crippen LogP contribution < -0.4 is 5.73 Å². The summed E-state index contributed by atoms with van der Waals surface area (Å²) in [6.45, 7) is 0. The molecule has 4 rings (SSSR count). The first kappa shape index (κ1) is 12.8. The zero-order chi connectivity index (χ0) is 13.7. The van der Waals surface area contributed by atoms with Gasteiger partial charge in [0.05, 0.1) is 0 Å². The molecule has 3 fully saturated rings. The minimum Gasteiger partial charge on any atom is -0.339 e. The molecule has 2 saturated heterocycles. The maximum atomic E-state index is 5.98. The Labute approximate surface area is 119 Å². The standard InChI is InChI=1S/C15H24N4O/c1-19-12-4-5-13(19)8-10(7-12)14-17-15(20-18-14)9-2-3-11(16)6-9/h9-13H,2-8,16H2,1H3. The third kappa shape index (κ3) is 2.07. The van der Waals surface area contributed by atoms with Gasteiger partial charge in [-0.25, -0.2) is 0 Å². The smallest absolute Gasteiger partial charge is 0.229 e. The van der Waals surface area contributed by atoms with Crippen molar-refractivity contribution in [2.45, 2.75) is 74.9 Å². The summed E-state index contributed by atoms with van der Waals surface area (Å²) in [7, 11) is 2.26. The summed E-state index contributed by atoms with van der Waals surface area (Å²) in [5, 5.41) is 4.29. The predicted molar refractivity (Wildman–Crippen MR) is 75.4 cm³/mol. The summed E-state index contributed by atoms with van der Waals surface area (Å²) in [4.78, 5) is 7.27. The SMILES string of the molecule is CN1C2CCC1CC(c1noc(C3CCC(N)C3)n1)C2. The van der Waals surface area contributed by atoms with Crippen LogP contribution in [0.1, 0.15) is 68.5 Å². The van der Waals surface area contributed by atoms with Gasteiger partial charge < -0.3 is 15.2 Å². The van der Waals surface area contributed by atoms with E-state index in [4.69, 9.17) is 15.2 Å². The number of hydrogen-bond donors (Lipinski definition) is 1. The van der Waals surface area contributed by atoms with Crippen LogP contribution in [-0.2, 0) is 0 Å². The Kier molecular flexibility index (Phi) is 3.07. The lowest BCUT2D eigenvalue weighted by atomic mass is 9.90. The molecule has 2 aliphatic heterocycles. The molecule has 2 N–H and O–H groups in total. The second kappa shape index (κ2) is 4.81. The van der Waals surface area contributed by atoms with Gasteiger partial charge in [0.2, 0.25) is 5.89 Å². The van der Waals surface area contributed by atoms with Gasteiger partial charge in [0.15, 0.2) is 5.82 Å². The maximum Gasteiger partial charge on any atom is 0.229 e. The Hall–Kier alpha value is -0.940. The van der Waals surface area contributed by atoms with E-state index in [9.17, 15) is 0 Å². The van der Waals surface area contributed by atoms with Gasteiger partial charge in [-0.2, -0.15) is 4.98 Å². The minimum atomic E-state index is 0.314. The van der Waals surface area contributed by atoms with Crippen LogP contribution >= 0.6 is 0 Å². The lowest BCUT2D eigenvalue weighted by molar-refractivity contribution is 0.157. The number of hydrogen-bond acceptors (Lipinski definition) is 5. The zero-order valence-electron chi connectivity index (χ0n) is 12.2. The Morgan fingerprint density at radius 1 is 1.05 bits per heavy atom. The van der Waals surface area contributed by atoms with Crippen molar-refractivity contribution in [1.82, 2.24) is 15.0 Å². The van der Waals surface area contributed by atoms with Gasteiger partial charge in [0.25, 0.3) is 0 Å². The van der Waals surface area contributed by atoms with Crippen LogP contribution in [0.15, 0.2) is 4.52 Å². The van der Waals surface area contributed by atoms with E-state index in [0.29, 0.717) is 17.9 Å². The molecular formula is C15H24N4O. The highest BCUT2D eigenvalue weighted by atomic mass is 16.5. The summed E-state index contributed by atoms with van der Waals surface area (Å²) in [6, 6.07) is 1.76. The molecule has 0 aromatic carbocycles. The molecule has 0 amide bonds. The molecule has 5 heteroatoms. The third-order valence-corrected chi connectivity index (χ3v) is 5.74. The fourth-order valence-corrected chi connectivity index (χ4v) is 4.44. The lowest BCUT2D eigenvalue weighted by Gasteiger charge is -2.34. The maximum absolute atomic E-state index is 5.98. The van der Waals surface area contributed by atoms with E-state index in [1.807, 2.05) is 0 Å². The topological polar surface area (TPSA) is 68.2 Å². The fraction of sp³-hybridized carbons (Fsp3) is 0.867. The molecule has 4 atom stereocenters. The van der Waals surface area contributed by atoms with Crippen LogP contribution in [0.25, 0.3) is 0 Å². The zero-order valence-corrected chi connectivity index (χ0v) is 12.2. The van der Waals surface area contributed by atoms with Gasteiger partial charge in [-0.3, -0.25) is 0 Å². The van der Waals surface area contributed by atoms with Crippen molar-refractivity contribution in [3.05, 3.63) is 11.7 Å². The average molecular weight is 276 g/mol. The molecule has 0 spiro atoms. The first-order valence-electron chi connectivity index (χ1n) is 8.01. The van der Waals surface area contributed by atoms with Gasteiger partial charge in [-0.1, -0.05) is 5.16 Å². The van der Waals surface area contributed by atoms with E-state index < -0.39 is 0 Å². The van der Waals surface area contributed by atoms with E-state index in [0.717, 1.165) is 43.1 Å². The second-order valence-corrected chi connectivity index (χ2v) is 6.98. The summed E-state index contributed by atoms with van der Waals surface area (Å²) < 4.78 is 5.54. The summed E-state index contributed by atoms with van der Waals surface area (Å²) >= 11 is 0. The van der Waals surface area contributed by atoms with Gasteiger partial charge in [0.1, 0.15) is 0 Å². The number of aromatic nitrogens is 2. The molecule has 1 aromatic rings. The normalized spacial score (nSPS) is 41.4. The number of nitrogens with two attached hydrogens (primary N) is 1. The van der Waals surface area contributed by atoms with Crippen LogP contribution in [0.4, 0.5) is 0 Å². The average Bonchev–Trinajstić information content (AvgIpc) is 3.10. The Morgan fingerprint density at radius 2 is 1.80 bits per heavy atom. The fourth-order valence-electron chi connectivity index (χ4n) is 4.44. The summed E-state index contributed by atoms with van der Waals surface area (Å²) in [5.41, 5.74) is 5.98. The molecule has 1 aromatic heterocycles. The van der Waals surface area contributed by atoms with Crippen LogP contribution in [0.2, 0.25) is 0 Å². The molecule has 3 aliphatic rings. The molecule has 5 nitrogen and oxygen atoms in total. The summed E-state index contributed by atoms with van der Waals surface area (Å²) in [6.07, 6.45) is 8.23. The molecule has 3 heterocycles. The molecule has 1 aliphatic carbocycles. The Bertz CT molecular complexity index is 474. The Morgan fingerprint density at radius 3 is 2.45 bits per heavy atom. The number of rotatable bonds is 2. The molecule has 20 heavy (non-hydrogen) atoms. The van der Waals surface area contributed by atoms with Gasteiger partial charge >= 0.3 is 0 Å². The van der Waals surface area contributed by atoms with Crippen LogP contribution in [0.3, 0.4) is 0 Å². The molecular weight excluding hydrogens is 252 g/mol. The molecule has 110 valence electrons. The van der Waals surface area contributed by atoms with Crippen molar-refractivity contribution >= 4 is 0 Å². The molecule has 2 bridgehead atoms. The van der Waals surface area contributed by atoms with E-state index in [-0.39, 0.29) is 0 Å². The van der Waals surface area contributed by atoms with Gasteiger partial charge in [-0.15, -0.1) is 0 Å². The van der Waals surface area contributed by atoms with Crippen molar-refractivity contribution in [2.24, 2.45) is 5.73 Å². The number of fused-ring (bicyclic) bond motifs is 2. The third-order valence-electron chi connectivity index (χ3n) is 5.74. The highest BCUT2D eigenvalue weighted by Crippen LogP contribution is 2.42. The van der Waals surface area contributed by atoms with Crippen LogP contribution in [0.5, 0.6) is 0 Å². The molecule has 4 unspecified atom stereocenters. The predicted octanol–water partition coefficient (Wildman–Crippen LogP) is 2.00. The number of nitrogens with zero attached hydrogens (tertiary/aromatic N) is 3. The van der Waals surface area contributed by atoms with Crippen molar-refractivity contribution in [2.75, 3.05) is 7.05 Å². The minimum absolute atomic E-state index is 0.314. The highest BCUT2D eigenvalue weighted by molar-refractivity contribution is 5.07. The summed E-state index contributed by atoms with van der Waals surface area (Å²) in [5.74, 6) is 2.68. The van der Waals surface area contributed by atoms with Crippen molar-refractivity contribution < 1.29 is 4.52 Å². The quantitative estimate of drug-likeness (QED) is 0.895. The van der Waals surface area contributed by atoms with Gasteiger partial charge in [-0.05, 0) is 52.0 Å². The monoisotopic (exact) mass is 276 g/mol. The van der Waals surface area contributed by atoms with Crippen LogP contribution in [-0.4, -0.2) is 40.2 Å². The van der Waals surface area contributed by atoms with E-state index >= 15 is 0 Å². The van der Waals surface area contributed by atoms with Crippen molar-refractivity contribution in [1.29, 1.82) is 0 Å². The molecule has 1 saturated carbocycles.